The fraction of sp³-hybridized carbons (Fsp3) is 0.400. The molecule has 2 aromatic rings. The van der Waals surface area contributed by atoms with Crippen molar-refractivity contribution in [1.29, 1.82) is 0 Å². The zero-order chi connectivity index (χ0) is 14.0. The predicted octanol–water partition coefficient (Wildman–Crippen LogP) is 1.74. The van der Waals surface area contributed by atoms with Gasteiger partial charge < -0.3 is 15.4 Å². The number of benzene rings is 1. The van der Waals surface area contributed by atoms with Crippen molar-refractivity contribution in [3.63, 3.8) is 0 Å². The Balaban J connectivity index is 1.62. The molecule has 3 N–H and O–H groups in total. The van der Waals surface area contributed by atoms with Gasteiger partial charge in [-0.2, -0.15) is 0 Å². The molecular weight excluding hydrogens is 254 g/mol. The summed E-state index contributed by atoms with van der Waals surface area (Å²) in [6.45, 7) is 2.34. The quantitative estimate of drug-likeness (QED) is 0.891. The molecule has 20 heavy (non-hydrogen) atoms. The van der Waals surface area contributed by atoms with Crippen LogP contribution in [0, 0.1) is 0 Å². The second kappa shape index (κ2) is 5.26. The number of nitrogens with two attached hydrogens (primary N) is 1. The molecule has 1 aromatic carbocycles. The molecule has 1 saturated heterocycles. The van der Waals surface area contributed by atoms with Crippen molar-refractivity contribution in [2.45, 2.75) is 25.0 Å². The van der Waals surface area contributed by atoms with Crippen LogP contribution in [-0.4, -0.2) is 28.3 Å². The minimum atomic E-state index is -0.710. The predicted molar refractivity (Wildman–Crippen MR) is 75.8 cm³/mol. The SMILES string of the molecule is Nc1cc(CN2CCC(O)(c3ccccc3)CC2)on1. The molecule has 0 radical (unpaired) electrons. The van der Waals surface area contributed by atoms with E-state index in [-0.39, 0.29) is 0 Å². The lowest BCUT2D eigenvalue weighted by atomic mass is 9.84. The molecule has 3 rings (SSSR count). The van der Waals surface area contributed by atoms with E-state index in [0.717, 1.165) is 37.3 Å². The van der Waals surface area contributed by atoms with Crippen LogP contribution >= 0.6 is 0 Å². The van der Waals surface area contributed by atoms with Crippen molar-refractivity contribution in [3.8, 4) is 0 Å². The fourth-order valence-electron chi connectivity index (χ4n) is 2.74. The monoisotopic (exact) mass is 273 g/mol. The van der Waals surface area contributed by atoms with Gasteiger partial charge in [-0.25, -0.2) is 0 Å². The molecule has 5 heteroatoms. The second-order valence-corrected chi connectivity index (χ2v) is 5.39. The van der Waals surface area contributed by atoms with Gasteiger partial charge in [0.1, 0.15) is 0 Å². The lowest BCUT2D eigenvalue weighted by Gasteiger charge is -2.38. The number of hydrogen-bond donors (Lipinski definition) is 2. The van der Waals surface area contributed by atoms with E-state index in [1.54, 1.807) is 6.07 Å². The molecule has 0 atom stereocenters. The van der Waals surface area contributed by atoms with E-state index in [4.69, 9.17) is 10.3 Å². The van der Waals surface area contributed by atoms with Crippen molar-refractivity contribution in [1.82, 2.24) is 10.1 Å². The van der Waals surface area contributed by atoms with Crippen LogP contribution in [0.2, 0.25) is 0 Å². The Morgan fingerprint density at radius 2 is 1.95 bits per heavy atom. The van der Waals surface area contributed by atoms with E-state index in [2.05, 4.69) is 10.1 Å². The molecule has 0 spiro atoms. The molecule has 1 aromatic heterocycles. The Kier molecular flexibility index (Phi) is 3.46. The highest BCUT2D eigenvalue weighted by molar-refractivity contribution is 5.26. The number of rotatable bonds is 3. The summed E-state index contributed by atoms with van der Waals surface area (Å²) in [6.07, 6.45) is 1.45. The highest BCUT2D eigenvalue weighted by Gasteiger charge is 2.33. The Bertz CT molecular complexity index is 560. The third kappa shape index (κ3) is 2.69. The first-order chi connectivity index (χ1) is 9.66. The molecule has 0 unspecified atom stereocenters. The molecule has 0 aliphatic carbocycles. The standard InChI is InChI=1S/C15H19N3O2/c16-14-10-13(20-17-14)11-18-8-6-15(19,7-9-18)12-4-2-1-3-5-12/h1-5,10,19H,6-9,11H2,(H2,16,17). The van der Waals surface area contributed by atoms with Crippen molar-refractivity contribution in [2.24, 2.45) is 0 Å². The third-order valence-corrected chi connectivity index (χ3v) is 3.95. The molecule has 0 bridgehead atoms. The lowest BCUT2D eigenvalue weighted by Crippen LogP contribution is -2.42. The maximum absolute atomic E-state index is 10.7. The number of anilines is 1. The summed E-state index contributed by atoms with van der Waals surface area (Å²) in [5.74, 6) is 1.19. The summed E-state index contributed by atoms with van der Waals surface area (Å²) in [6, 6.07) is 11.6. The number of hydrogen-bond acceptors (Lipinski definition) is 5. The van der Waals surface area contributed by atoms with Crippen molar-refractivity contribution < 1.29 is 9.63 Å². The molecule has 0 amide bonds. The van der Waals surface area contributed by atoms with Crippen LogP contribution < -0.4 is 5.73 Å². The Morgan fingerprint density at radius 1 is 1.25 bits per heavy atom. The minimum Gasteiger partial charge on any atom is -0.385 e. The first-order valence-corrected chi connectivity index (χ1v) is 6.87. The van der Waals surface area contributed by atoms with E-state index < -0.39 is 5.60 Å². The van der Waals surface area contributed by atoms with E-state index in [1.165, 1.54) is 0 Å². The minimum absolute atomic E-state index is 0.415. The van der Waals surface area contributed by atoms with Gasteiger partial charge in [0, 0.05) is 19.2 Å². The van der Waals surface area contributed by atoms with Gasteiger partial charge in [-0.1, -0.05) is 35.5 Å². The van der Waals surface area contributed by atoms with Crippen molar-refractivity contribution in [2.75, 3.05) is 18.8 Å². The topological polar surface area (TPSA) is 75.5 Å². The smallest absolute Gasteiger partial charge is 0.167 e. The van der Waals surface area contributed by atoms with E-state index >= 15 is 0 Å². The Morgan fingerprint density at radius 3 is 2.55 bits per heavy atom. The van der Waals surface area contributed by atoms with E-state index in [1.807, 2.05) is 30.3 Å². The number of likely N-dealkylation sites (tertiary alicyclic amines) is 1. The average Bonchev–Trinajstić information content (AvgIpc) is 2.88. The van der Waals surface area contributed by atoms with Gasteiger partial charge in [0.25, 0.3) is 0 Å². The van der Waals surface area contributed by atoms with Gasteiger partial charge in [-0.15, -0.1) is 0 Å². The number of nitrogen functional groups attached to an aromatic ring is 1. The van der Waals surface area contributed by atoms with Crippen LogP contribution in [0.25, 0.3) is 0 Å². The van der Waals surface area contributed by atoms with Crippen LogP contribution in [-0.2, 0) is 12.1 Å². The normalized spacial score (nSPS) is 19.1. The number of piperidine rings is 1. The largest absolute Gasteiger partial charge is 0.385 e. The van der Waals surface area contributed by atoms with Gasteiger partial charge in [-0.05, 0) is 18.4 Å². The van der Waals surface area contributed by atoms with E-state index in [9.17, 15) is 5.11 Å². The molecule has 106 valence electrons. The summed E-state index contributed by atoms with van der Waals surface area (Å²) in [7, 11) is 0. The third-order valence-electron chi connectivity index (χ3n) is 3.95. The second-order valence-electron chi connectivity index (χ2n) is 5.39. The Hall–Kier alpha value is -1.85. The lowest BCUT2D eigenvalue weighted by molar-refractivity contribution is -0.0292. The Labute approximate surface area is 118 Å². The maximum Gasteiger partial charge on any atom is 0.167 e. The summed E-state index contributed by atoms with van der Waals surface area (Å²) in [5.41, 5.74) is 5.83. The number of nitrogens with zero attached hydrogens (tertiary/aromatic N) is 2. The van der Waals surface area contributed by atoms with Gasteiger partial charge in [-0.3, -0.25) is 4.90 Å². The number of aromatic nitrogens is 1. The summed E-state index contributed by atoms with van der Waals surface area (Å²) < 4.78 is 5.12. The van der Waals surface area contributed by atoms with Crippen molar-refractivity contribution >= 4 is 5.82 Å². The van der Waals surface area contributed by atoms with E-state index in [0.29, 0.717) is 12.4 Å². The summed E-state index contributed by atoms with van der Waals surface area (Å²) in [5, 5.41) is 14.4. The molecule has 0 saturated carbocycles. The van der Waals surface area contributed by atoms with Gasteiger partial charge in [0.05, 0.1) is 12.1 Å². The van der Waals surface area contributed by atoms with Crippen LogP contribution in [0.1, 0.15) is 24.2 Å². The van der Waals surface area contributed by atoms with Crippen LogP contribution in [0.4, 0.5) is 5.82 Å². The van der Waals surface area contributed by atoms with Gasteiger partial charge >= 0.3 is 0 Å². The molecule has 5 nitrogen and oxygen atoms in total. The molecule has 2 heterocycles. The average molecular weight is 273 g/mol. The fourth-order valence-corrected chi connectivity index (χ4v) is 2.74. The molecular formula is C15H19N3O2. The first kappa shape index (κ1) is 13.1. The summed E-state index contributed by atoms with van der Waals surface area (Å²) in [4.78, 5) is 2.25. The number of aliphatic hydroxyl groups is 1. The summed E-state index contributed by atoms with van der Waals surface area (Å²) >= 11 is 0. The zero-order valence-electron chi connectivity index (χ0n) is 11.3. The van der Waals surface area contributed by atoms with Crippen LogP contribution in [0.15, 0.2) is 40.9 Å². The molecule has 1 fully saturated rings. The van der Waals surface area contributed by atoms with Crippen LogP contribution in [0.3, 0.4) is 0 Å². The highest BCUT2D eigenvalue weighted by atomic mass is 16.5. The van der Waals surface area contributed by atoms with Crippen molar-refractivity contribution in [3.05, 3.63) is 47.7 Å². The highest BCUT2D eigenvalue weighted by Crippen LogP contribution is 2.33. The zero-order valence-corrected chi connectivity index (χ0v) is 11.3. The van der Waals surface area contributed by atoms with Crippen LogP contribution in [0.5, 0.6) is 0 Å². The molecule has 1 aliphatic heterocycles. The maximum atomic E-state index is 10.7. The van der Waals surface area contributed by atoms with Gasteiger partial charge in [0.2, 0.25) is 0 Å². The first-order valence-electron chi connectivity index (χ1n) is 6.87. The molecule has 1 aliphatic rings. The van der Waals surface area contributed by atoms with Gasteiger partial charge in [0.15, 0.2) is 11.6 Å².